The lowest BCUT2D eigenvalue weighted by molar-refractivity contribution is -0.432. The van der Waals surface area contributed by atoms with E-state index < -0.39 is 59.2 Å². The lowest BCUT2D eigenvalue weighted by Crippen LogP contribution is -2.30. The Bertz CT molecular complexity index is 1360. The minimum Gasteiger partial charge on any atom is -0.429 e. The van der Waals surface area contributed by atoms with Crippen LogP contribution in [0.25, 0.3) is 11.1 Å². The molecule has 14 heteroatoms. The van der Waals surface area contributed by atoms with Gasteiger partial charge in [0, 0.05) is 23.6 Å². The summed E-state index contributed by atoms with van der Waals surface area (Å²) in [6.07, 6.45) is -14.7. The SMILES string of the molecule is CCCC1COC(c2ccc(-c3ccc(C(F)(F)Oc4cc(F)c(C(F)(F)OC(F)(F)F)c(F)c4)c(F)c3)cc2)OC1. The van der Waals surface area contributed by atoms with Crippen molar-refractivity contribution >= 4 is 0 Å². The van der Waals surface area contributed by atoms with E-state index in [0.717, 1.165) is 25.0 Å². The van der Waals surface area contributed by atoms with Crippen molar-refractivity contribution in [3.05, 3.63) is 88.7 Å². The Hall–Kier alpha value is -3.36. The largest absolute Gasteiger partial charge is 0.527 e. The van der Waals surface area contributed by atoms with E-state index in [1.807, 2.05) is 0 Å². The summed E-state index contributed by atoms with van der Waals surface area (Å²) in [6, 6.07) is 8.61. The van der Waals surface area contributed by atoms with Crippen molar-refractivity contribution < 1.29 is 62.9 Å². The normalized spacial score (nSPS) is 18.3. The monoisotopic (exact) mass is 612 g/mol. The molecule has 4 nitrogen and oxygen atoms in total. The second-order valence-corrected chi connectivity index (χ2v) is 9.42. The first-order chi connectivity index (χ1) is 19.6. The van der Waals surface area contributed by atoms with Gasteiger partial charge in [0.15, 0.2) is 6.29 Å². The van der Waals surface area contributed by atoms with Crippen molar-refractivity contribution in [1.82, 2.24) is 0 Å². The topological polar surface area (TPSA) is 36.9 Å². The highest BCUT2D eigenvalue weighted by Gasteiger charge is 2.50. The molecule has 0 aliphatic carbocycles. The molecule has 1 saturated heterocycles. The quantitative estimate of drug-likeness (QED) is 0.226. The summed E-state index contributed by atoms with van der Waals surface area (Å²) >= 11 is 0. The molecule has 4 rings (SSSR count). The molecule has 0 atom stereocenters. The number of rotatable bonds is 9. The molecule has 3 aromatic carbocycles. The second kappa shape index (κ2) is 12.1. The third-order valence-electron chi connectivity index (χ3n) is 6.26. The molecule has 1 fully saturated rings. The van der Waals surface area contributed by atoms with Crippen LogP contribution in [0, 0.1) is 23.4 Å². The van der Waals surface area contributed by atoms with E-state index in [0.29, 0.717) is 36.3 Å². The van der Waals surface area contributed by atoms with Crippen molar-refractivity contribution in [3.63, 3.8) is 0 Å². The molecule has 0 unspecified atom stereocenters. The molecule has 0 amide bonds. The zero-order chi connectivity index (χ0) is 30.9. The van der Waals surface area contributed by atoms with E-state index in [9.17, 15) is 43.9 Å². The number of benzene rings is 3. The summed E-state index contributed by atoms with van der Waals surface area (Å²) in [5, 5.41) is 0. The van der Waals surface area contributed by atoms with Gasteiger partial charge in [-0.1, -0.05) is 43.7 Å². The molecule has 0 saturated carbocycles. The zero-order valence-electron chi connectivity index (χ0n) is 21.6. The molecule has 228 valence electrons. The Balaban J connectivity index is 1.49. The molecule has 1 heterocycles. The molecule has 42 heavy (non-hydrogen) atoms. The number of hydrogen-bond acceptors (Lipinski definition) is 4. The van der Waals surface area contributed by atoms with E-state index in [1.165, 1.54) is 0 Å². The van der Waals surface area contributed by atoms with Crippen LogP contribution in [0.5, 0.6) is 5.75 Å². The third-order valence-corrected chi connectivity index (χ3v) is 6.26. The lowest BCUT2D eigenvalue weighted by atomic mass is 10.0. The van der Waals surface area contributed by atoms with Gasteiger partial charge in [-0.3, -0.25) is 0 Å². The first kappa shape index (κ1) is 31.6. The Morgan fingerprint density at radius 1 is 0.738 bits per heavy atom. The molecule has 0 radical (unpaired) electrons. The van der Waals surface area contributed by atoms with Gasteiger partial charge < -0.3 is 14.2 Å². The van der Waals surface area contributed by atoms with Crippen molar-refractivity contribution in [1.29, 1.82) is 0 Å². The predicted octanol–water partition coefficient (Wildman–Crippen LogP) is 8.95. The fourth-order valence-electron chi connectivity index (χ4n) is 4.36. The van der Waals surface area contributed by atoms with Crippen LogP contribution in [0.2, 0.25) is 0 Å². The zero-order valence-corrected chi connectivity index (χ0v) is 21.6. The van der Waals surface area contributed by atoms with Crippen LogP contribution in [0.4, 0.5) is 43.9 Å². The standard InChI is InChI=1S/C28H22F10O4/c1-2-3-15-13-39-25(40-14-15)17-6-4-16(5-7-17)18-8-9-20(21(29)10-18)26(32,33)41-19-11-22(30)24(23(31)12-19)27(34,35)42-28(36,37)38/h4-12,15,25H,2-3,13-14H2,1H3. The van der Waals surface area contributed by atoms with Crippen LogP contribution < -0.4 is 4.74 Å². The minimum absolute atomic E-state index is 0.181. The summed E-state index contributed by atoms with van der Waals surface area (Å²) in [5.41, 5.74) is -2.54. The number of ether oxygens (including phenoxy) is 4. The summed E-state index contributed by atoms with van der Waals surface area (Å²) in [5.74, 6) is -7.34. The lowest BCUT2D eigenvalue weighted by Gasteiger charge is -2.29. The van der Waals surface area contributed by atoms with Crippen LogP contribution >= 0.6 is 0 Å². The summed E-state index contributed by atoms with van der Waals surface area (Å²) in [6.45, 7) is 3.13. The Morgan fingerprint density at radius 2 is 1.31 bits per heavy atom. The van der Waals surface area contributed by atoms with Gasteiger partial charge in [-0.2, -0.15) is 17.6 Å². The highest BCUT2D eigenvalue weighted by molar-refractivity contribution is 5.64. The van der Waals surface area contributed by atoms with Crippen molar-refractivity contribution in [2.45, 2.75) is 44.6 Å². The Kier molecular flexibility index (Phi) is 9.09. The maximum Gasteiger partial charge on any atom is 0.527 e. The van der Waals surface area contributed by atoms with Crippen molar-refractivity contribution in [3.8, 4) is 16.9 Å². The van der Waals surface area contributed by atoms with E-state index in [-0.39, 0.29) is 17.7 Å². The number of halogens is 10. The molecule has 1 aliphatic heterocycles. The van der Waals surface area contributed by atoms with Gasteiger partial charge in [0.05, 0.1) is 18.8 Å². The van der Waals surface area contributed by atoms with E-state index >= 15 is 0 Å². The molecule has 0 N–H and O–H groups in total. The van der Waals surface area contributed by atoms with Crippen LogP contribution in [-0.4, -0.2) is 19.6 Å². The number of alkyl halides is 7. The fourth-order valence-corrected chi connectivity index (χ4v) is 4.36. The smallest absolute Gasteiger partial charge is 0.429 e. The average Bonchev–Trinajstić information content (AvgIpc) is 2.87. The second-order valence-electron chi connectivity index (χ2n) is 9.42. The van der Waals surface area contributed by atoms with Crippen LogP contribution in [0.3, 0.4) is 0 Å². The van der Waals surface area contributed by atoms with Crippen molar-refractivity contribution in [2.24, 2.45) is 5.92 Å². The molecule has 1 aliphatic rings. The first-order valence-electron chi connectivity index (χ1n) is 12.4. The fraction of sp³-hybridized carbons (Fsp3) is 0.357. The van der Waals surface area contributed by atoms with Gasteiger partial charge in [0.1, 0.15) is 28.8 Å². The van der Waals surface area contributed by atoms with Crippen LogP contribution in [-0.2, 0) is 26.4 Å². The molecule has 3 aromatic rings. The van der Waals surface area contributed by atoms with Crippen LogP contribution in [0.1, 0.15) is 42.7 Å². The minimum atomic E-state index is -5.98. The molecular formula is C28H22F10O4. The van der Waals surface area contributed by atoms with Gasteiger partial charge in [0.25, 0.3) is 0 Å². The van der Waals surface area contributed by atoms with Gasteiger partial charge in [-0.15, -0.1) is 13.2 Å². The molecule has 0 bridgehead atoms. The van der Waals surface area contributed by atoms with Gasteiger partial charge in [-0.05, 0) is 29.7 Å². The van der Waals surface area contributed by atoms with Crippen molar-refractivity contribution in [2.75, 3.05) is 13.2 Å². The van der Waals surface area contributed by atoms with Gasteiger partial charge in [-0.25, -0.2) is 17.9 Å². The molecular weight excluding hydrogens is 590 g/mol. The molecule has 0 aromatic heterocycles. The first-order valence-corrected chi connectivity index (χ1v) is 12.4. The van der Waals surface area contributed by atoms with Gasteiger partial charge in [0.2, 0.25) is 0 Å². The molecule has 0 spiro atoms. The van der Waals surface area contributed by atoms with Gasteiger partial charge >= 0.3 is 18.6 Å². The maximum atomic E-state index is 14.8. The van der Waals surface area contributed by atoms with E-state index in [1.54, 1.807) is 24.3 Å². The maximum absolute atomic E-state index is 14.8. The average molecular weight is 612 g/mol. The predicted molar refractivity (Wildman–Crippen MR) is 127 cm³/mol. The summed E-state index contributed by atoms with van der Waals surface area (Å²) in [7, 11) is 0. The summed E-state index contributed by atoms with van der Waals surface area (Å²) in [4.78, 5) is 0. The highest BCUT2D eigenvalue weighted by Crippen LogP contribution is 2.42. The van der Waals surface area contributed by atoms with Crippen LogP contribution in [0.15, 0.2) is 54.6 Å². The number of hydrogen-bond donors (Lipinski definition) is 0. The Labute approximate surface area is 232 Å². The Morgan fingerprint density at radius 3 is 1.83 bits per heavy atom. The summed E-state index contributed by atoms with van der Waals surface area (Å²) < 4.78 is 154. The van der Waals surface area contributed by atoms with E-state index in [4.69, 9.17) is 9.47 Å². The van der Waals surface area contributed by atoms with E-state index in [2.05, 4.69) is 16.4 Å². The third kappa shape index (κ3) is 7.34. The highest BCUT2D eigenvalue weighted by atomic mass is 19.4.